The van der Waals surface area contributed by atoms with E-state index in [-0.39, 0.29) is 17.0 Å². The first-order valence-electron chi connectivity index (χ1n) is 10.2. The summed E-state index contributed by atoms with van der Waals surface area (Å²) in [5, 5.41) is 0. The third-order valence-electron chi connectivity index (χ3n) is 7.16. The number of carbonyl (C=O) groups excluding carboxylic acids is 1. The third-order valence-corrected chi connectivity index (χ3v) is 7.16. The van der Waals surface area contributed by atoms with Crippen molar-refractivity contribution in [3.63, 3.8) is 0 Å². The van der Waals surface area contributed by atoms with Gasteiger partial charge in [0.05, 0.1) is 12.2 Å². The molecule has 150 valence electrons. The SMILES string of the molecule is CCOC(=O)/C=C/C[C@@H]1[C@@]2(C)CCCC(C)(C)[C@@H]2CC[C@@]1(C)OCOC. The quantitative estimate of drug-likeness (QED) is 0.356. The number of rotatable bonds is 7. The molecule has 4 heteroatoms. The Hall–Kier alpha value is -0.870. The molecule has 26 heavy (non-hydrogen) atoms. The van der Waals surface area contributed by atoms with Crippen molar-refractivity contribution < 1.29 is 19.0 Å². The van der Waals surface area contributed by atoms with Gasteiger partial charge in [-0.3, -0.25) is 0 Å². The molecule has 0 saturated heterocycles. The smallest absolute Gasteiger partial charge is 0.330 e. The summed E-state index contributed by atoms with van der Waals surface area (Å²) in [6.45, 7) is 12.1. The van der Waals surface area contributed by atoms with Gasteiger partial charge in [0, 0.05) is 13.2 Å². The van der Waals surface area contributed by atoms with Crippen LogP contribution in [0.4, 0.5) is 0 Å². The van der Waals surface area contributed by atoms with Crippen molar-refractivity contribution in [3.8, 4) is 0 Å². The fourth-order valence-corrected chi connectivity index (χ4v) is 5.98. The van der Waals surface area contributed by atoms with Crippen LogP contribution in [0.5, 0.6) is 0 Å². The molecule has 2 saturated carbocycles. The second-order valence-corrected chi connectivity index (χ2v) is 9.25. The van der Waals surface area contributed by atoms with E-state index < -0.39 is 0 Å². The summed E-state index contributed by atoms with van der Waals surface area (Å²) in [6, 6.07) is 0. The van der Waals surface area contributed by atoms with E-state index in [1.54, 1.807) is 13.2 Å². The van der Waals surface area contributed by atoms with E-state index in [4.69, 9.17) is 14.2 Å². The summed E-state index contributed by atoms with van der Waals surface area (Å²) in [5.41, 5.74) is 0.341. The van der Waals surface area contributed by atoms with Crippen LogP contribution in [0.15, 0.2) is 12.2 Å². The maximum Gasteiger partial charge on any atom is 0.330 e. The molecule has 2 fully saturated rings. The van der Waals surface area contributed by atoms with E-state index in [9.17, 15) is 4.79 Å². The lowest BCUT2D eigenvalue weighted by Gasteiger charge is -2.62. The molecular weight excluding hydrogens is 328 g/mol. The Balaban J connectivity index is 2.28. The minimum atomic E-state index is -0.256. The van der Waals surface area contributed by atoms with Crippen LogP contribution in [0.3, 0.4) is 0 Å². The van der Waals surface area contributed by atoms with Crippen molar-refractivity contribution in [2.45, 2.75) is 78.7 Å². The second-order valence-electron chi connectivity index (χ2n) is 9.25. The van der Waals surface area contributed by atoms with Crippen molar-refractivity contribution >= 4 is 5.97 Å². The highest BCUT2D eigenvalue weighted by atomic mass is 16.7. The Bertz CT molecular complexity index is 512. The van der Waals surface area contributed by atoms with Gasteiger partial charge in [0.25, 0.3) is 0 Å². The number of esters is 1. The largest absolute Gasteiger partial charge is 0.463 e. The number of ether oxygens (including phenoxy) is 3. The molecule has 0 spiro atoms. The summed E-state index contributed by atoms with van der Waals surface area (Å²) in [4.78, 5) is 11.7. The normalized spacial score (nSPS) is 36.7. The molecule has 2 aliphatic carbocycles. The third kappa shape index (κ3) is 4.33. The van der Waals surface area contributed by atoms with Gasteiger partial charge >= 0.3 is 5.97 Å². The van der Waals surface area contributed by atoms with Crippen molar-refractivity contribution in [1.82, 2.24) is 0 Å². The van der Waals surface area contributed by atoms with Crippen LogP contribution in [-0.2, 0) is 19.0 Å². The van der Waals surface area contributed by atoms with Crippen molar-refractivity contribution in [3.05, 3.63) is 12.2 Å². The molecular formula is C22H38O4. The molecule has 2 aliphatic rings. The zero-order valence-corrected chi connectivity index (χ0v) is 17.6. The van der Waals surface area contributed by atoms with Gasteiger partial charge in [0.15, 0.2) is 0 Å². The fraction of sp³-hybridized carbons (Fsp3) is 0.864. The highest BCUT2D eigenvalue weighted by Gasteiger charge is 2.58. The predicted octanol–water partition coefficient (Wildman–Crippen LogP) is 5.12. The number of hydrogen-bond donors (Lipinski definition) is 0. The zero-order chi connectivity index (χ0) is 19.4. The van der Waals surface area contributed by atoms with Crippen LogP contribution in [0.1, 0.15) is 73.1 Å². The first-order chi connectivity index (χ1) is 12.2. The van der Waals surface area contributed by atoms with E-state index in [1.165, 1.54) is 25.7 Å². The summed E-state index contributed by atoms with van der Waals surface area (Å²) >= 11 is 0. The zero-order valence-electron chi connectivity index (χ0n) is 17.6. The van der Waals surface area contributed by atoms with E-state index in [2.05, 4.69) is 27.7 Å². The highest BCUT2D eigenvalue weighted by Crippen LogP contribution is 2.63. The van der Waals surface area contributed by atoms with E-state index in [0.29, 0.717) is 30.7 Å². The minimum absolute atomic E-state index is 0.210. The second kappa shape index (κ2) is 8.43. The monoisotopic (exact) mass is 366 g/mol. The number of allylic oxidation sites excluding steroid dienone is 1. The Morgan fingerprint density at radius 3 is 2.54 bits per heavy atom. The molecule has 0 aromatic rings. The number of methoxy groups -OCH3 is 1. The molecule has 0 unspecified atom stereocenters. The summed E-state index contributed by atoms with van der Waals surface area (Å²) in [6.07, 6.45) is 10.4. The van der Waals surface area contributed by atoms with Crippen LogP contribution < -0.4 is 0 Å². The number of carbonyl (C=O) groups is 1. The maximum atomic E-state index is 11.7. The van der Waals surface area contributed by atoms with E-state index in [0.717, 1.165) is 12.8 Å². The lowest BCUT2D eigenvalue weighted by molar-refractivity contribution is -0.219. The molecule has 0 radical (unpaired) electrons. The van der Waals surface area contributed by atoms with Crippen LogP contribution in [0, 0.1) is 22.7 Å². The molecule has 4 nitrogen and oxygen atoms in total. The first kappa shape index (κ1) is 21.4. The Kier molecular flexibility index (Phi) is 6.95. The molecule has 0 bridgehead atoms. The lowest BCUT2D eigenvalue weighted by atomic mass is 9.45. The average Bonchev–Trinajstić information content (AvgIpc) is 2.55. The standard InChI is InChI=1S/C22H38O4/c1-7-25-19(23)11-8-10-18-21(4)14-9-13-20(2,3)17(21)12-15-22(18,5)26-16-24-6/h8,11,17-18H,7,9-10,12-16H2,1-6H3/b11-8+/t17-,18+,21-,22+/m0/s1. The summed E-state index contributed by atoms with van der Waals surface area (Å²) < 4.78 is 16.5. The van der Waals surface area contributed by atoms with Gasteiger partial charge < -0.3 is 14.2 Å². The molecule has 0 N–H and O–H groups in total. The predicted molar refractivity (Wildman–Crippen MR) is 104 cm³/mol. The Labute approximate surface area is 159 Å². The fourth-order valence-electron chi connectivity index (χ4n) is 5.98. The topological polar surface area (TPSA) is 44.8 Å². The Morgan fingerprint density at radius 2 is 1.88 bits per heavy atom. The van der Waals surface area contributed by atoms with Crippen LogP contribution in [-0.4, -0.2) is 32.1 Å². The summed E-state index contributed by atoms with van der Waals surface area (Å²) in [7, 11) is 1.68. The number of hydrogen-bond acceptors (Lipinski definition) is 4. The molecule has 0 amide bonds. The first-order valence-corrected chi connectivity index (χ1v) is 10.2. The lowest BCUT2D eigenvalue weighted by Crippen LogP contribution is -2.58. The van der Waals surface area contributed by atoms with Gasteiger partial charge in [-0.05, 0) is 68.6 Å². The molecule has 0 heterocycles. The van der Waals surface area contributed by atoms with Crippen LogP contribution in [0.25, 0.3) is 0 Å². The number of fused-ring (bicyclic) bond motifs is 1. The molecule has 4 atom stereocenters. The highest BCUT2D eigenvalue weighted by molar-refractivity contribution is 5.81. The minimum Gasteiger partial charge on any atom is -0.463 e. The summed E-state index contributed by atoms with van der Waals surface area (Å²) in [5.74, 6) is 0.784. The van der Waals surface area contributed by atoms with Crippen molar-refractivity contribution in [1.29, 1.82) is 0 Å². The van der Waals surface area contributed by atoms with Crippen molar-refractivity contribution in [2.24, 2.45) is 22.7 Å². The molecule has 0 aromatic carbocycles. The van der Waals surface area contributed by atoms with Gasteiger partial charge in [-0.2, -0.15) is 0 Å². The van der Waals surface area contributed by atoms with Gasteiger partial charge in [-0.1, -0.05) is 33.3 Å². The Morgan fingerprint density at radius 1 is 1.15 bits per heavy atom. The average molecular weight is 367 g/mol. The van der Waals surface area contributed by atoms with Crippen molar-refractivity contribution in [2.75, 3.05) is 20.5 Å². The van der Waals surface area contributed by atoms with Gasteiger partial charge in [-0.15, -0.1) is 0 Å². The maximum absolute atomic E-state index is 11.7. The van der Waals surface area contributed by atoms with Crippen LogP contribution >= 0.6 is 0 Å². The van der Waals surface area contributed by atoms with Crippen LogP contribution in [0.2, 0.25) is 0 Å². The van der Waals surface area contributed by atoms with Gasteiger partial charge in [-0.25, -0.2) is 4.79 Å². The van der Waals surface area contributed by atoms with Gasteiger partial charge in [0.2, 0.25) is 0 Å². The molecule has 2 rings (SSSR count). The van der Waals surface area contributed by atoms with E-state index >= 15 is 0 Å². The van der Waals surface area contributed by atoms with Gasteiger partial charge in [0.1, 0.15) is 6.79 Å². The molecule has 0 aliphatic heterocycles. The molecule has 0 aromatic heterocycles. The van der Waals surface area contributed by atoms with E-state index in [1.807, 2.05) is 13.0 Å².